The number of halogens is 1. The van der Waals surface area contributed by atoms with Gasteiger partial charge in [0.05, 0.1) is 0 Å². The molecule has 2 N–H and O–H groups in total. The van der Waals surface area contributed by atoms with E-state index in [0.29, 0.717) is 5.91 Å². The second-order valence-corrected chi connectivity index (χ2v) is 7.09. The Hall–Kier alpha value is -1.26. The van der Waals surface area contributed by atoms with E-state index in [4.69, 9.17) is 5.73 Å². The molecule has 0 bridgehead atoms. The number of hydrogen-bond donors (Lipinski definition) is 1. The topological polar surface area (TPSA) is 49.6 Å². The summed E-state index contributed by atoms with van der Waals surface area (Å²) < 4.78 is 0. The molecule has 4 nitrogen and oxygen atoms in total. The first-order valence-electron chi connectivity index (χ1n) is 9.05. The predicted octanol–water partition coefficient (Wildman–Crippen LogP) is 3.31. The average Bonchev–Trinajstić information content (AvgIpc) is 3.07. The predicted molar refractivity (Wildman–Crippen MR) is 101 cm³/mol. The minimum Gasteiger partial charge on any atom is -0.399 e. The molecular formula is C19H30ClN3O. The van der Waals surface area contributed by atoms with Gasteiger partial charge < -0.3 is 10.6 Å². The minimum absolute atomic E-state index is 0. The molecule has 0 aromatic heterocycles. The van der Waals surface area contributed by atoms with Gasteiger partial charge in [-0.05, 0) is 30.0 Å². The fourth-order valence-electron chi connectivity index (χ4n) is 3.89. The van der Waals surface area contributed by atoms with E-state index >= 15 is 0 Å². The van der Waals surface area contributed by atoms with Gasteiger partial charge in [-0.25, -0.2) is 0 Å². The van der Waals surface area contributed by atoms with Crippen LogP contribution in [0.4, 0.5) is 5.69 Å². The Morgan fingerprint density at radius 2 is 1.83 bits per heavy atom. The summed E-state index contributed by atoms with van der Waals surface area (Å²) in [5, 5.41) is 0. The third kappa shape index (κ3) is 5.38. The Balaban J connectivity index is 0.00000208. The van der Waals surface area contributed by atoms with Gasteiger partial charge in [0.25, 0.3) is 0 Å². The first kappa shape index (κ1) is 19.1. The number of rotatable bonds is 5. The molecule has 3 rings (SSSR count). The quantitative estimate of drug-likeness (QED) is 0.828. The number of anilines is 1. The average molecular weight is 352 g/mol. The number of nitrogen functional groups attached to an aromatic ring is 1. The molecule has 0 spiro atoms. The lowest BCUT2D eigenvalue weighted by molar-refractivity contribution is -0.133. The first-order valence-corrected chi connectivity index (χ1v) is 9.05. The van der Waals surface area contributed by atoms with E-state index in [1.807, 2.05) is 18.2 Å². The van der Waals surface area contributed by atoms with Crippen molar-refractivity contribution in [2.24, 2.45) is 5.92 Å². The van der Waals surface area contributed by atoms with Crippen LogP contribution in [0.1, 0.15) is 44.1 Å². The van der Waals surface area contributed by atoms with Crippen LogP contribution in [-0.2, 0) is 11.3 Å². The van der Waals surface area contributed by atoms with Gasteiger partial charge in [-0.3, -0.25) is 9.69 Å². The Kier molecular flexibility index (Phi) is 7.38. The minimum atomic E-state index is 0. The van der Waals surface area contributed by atoms with Crippen molar-refractivity contribution < 1.29 is 4.79 Å². The lowest BCUT2D eigenvalue weighted by Gasteiger charge is -2.35. The third-order valence-electron chi connectivity index (χ3n) is 5.32. The molecule has 1 saturated carbocycles. The van der Waals surface area contributed by atoms with E-state index in [0.717, 1.165) is 57.2 Å². The van der Waals surface area contributed by atoms with Gasteiger partial charge >= 0.3 is 0 Å². The van der Waals surface area contributed by atoms with Gasteiger partial charge in [0.2, 0.25) is 5.91 Å². The van der Waals surface area contributed by atoms with E-state index in [-0.39, 0.29) is 12.4 Å². The molecule has 2 aliphatic rings. The van der Waals surface area contributed by atoms with Crippen molar-refractivity contribution in [1.82, 2.24) is 9.80 Å². The molecule has 1 heterocycles. The van der Waals surface area contributed by atoms with E-state index in [2.05, 4.69) is 15.9 Å². The summed E-state index contributed by atoms with van der Waals surface area (Å²) in [5.74, 6) is 1.17. The van der Waals surface area contributed by atoms with Crippen LogP contribution in [0, 0.1) is 5.92 Å². The van der Waals surface area contributed by atoms with Crippen LogP contribution < -0.4 is 5.73 Å². The molecule has 1 aromatic rings. The summed E-state index contributed by atoms with van der Waals surface area (Å²) in [7, 11) is 0. The van der Waals surface area contributed by atoms with Crippen LogP contribution >= 0.6 is 12.4 Å². The molecule has 0 atom stereocenters. The van der Waals surface area contributed by atoms with Crippen LogP contribution in [0.15, 0.2) is 24.3 Å². The highest BCUT2D eigenvalue weighted by molar-refractivity contribution is 5.85. The monoisotopic (exact) mass is 351 g/mol. The van der Waals surface area contributed by atoms with Gasteiger partial charge in [-0.15, -0.1) is 12.4 Å². The number of hydrogen-bond acceptors (Lipinski definition) is 3. The summed E-state index contributed by atoms with van der Waals surface area (Å²) in [4.78, 5) is 16.8. The van der Waals surface area contributed by atoms with Crippen LogP contribution in [0.25, 0.3) is 0 Å². The number of benzene rings is 1. The van der Waals surface area contributed by atoms with Crippen molar-refractivity contribution in [3.8, 4) is 0 Å². The summed E-state index contributed by atoms with van der Waals surface area (Å²) in [6.45, 7) is 4.58. The number of nitrogens with zero attached hydrogens (tertiary/aromatic N) is 2. The maximum Gasteiger partial charge on any atom is 0.222 e. The molecule has 1 aliphatic carbocycles. The molecule has 1 saturated heterocycles. The highest BCUT2D eigenvalue weighted by Crippen LogP contribution is 2.28. The Morgan fingerprint density at radius 1 is 1.12 bits per heavy atom. The molecule has 134 valence electrons. The van der Waals surface area contributed by atoms with Crippen molar-refractivity contribution >= 4 is 24.0 Å². The normalized spacial score (nSPS) is 19.2. The first-order chi connectivity index (χ1) is 11.2. The summed E-state index contributed by atoms with van der Waals surface area (Å²) in [5.41, 5.74) is 7.92. The number of piperazine rings is 1. The Labute approximate surface area is 151 Å². The largest absolute Gasteiger partial charge is 0.399 e. The fourth-order valence-corrected chi connectivity index (χ4v) is 3.89. The van der Waals surface area contributed by atoms with Gasteiger partial charge in [0.1, 0.15) is 0 Å². The number of carbonyl (C=O) groups excluding carboxylic acids is 1. The SMILES string of the molecule is Cl.Nc1cccc(CN2CCN(C(=O)CCC3CCCC3)CC2)c1. The van der Waals surface area contributed by atoms with E-state index in [1.54, 1.807) is 0 Å². The van der Waals surface area contributed by atoms with Crippen LogP contribution in [0.5, 0.6) is 0 Å². The van der Waals surface area contributed by atoms with E-state index in [1.165, 1.54) is 31.2 Å². The number of nitrogens with two attached hydrogens (primary N) is 1. The maximum absolute atomic E-state index is 12.4. The van der Waals surface area contributed by atoms with Crippen LogP contribution in [0.2, 0.25) is 0 Å². The third-order valence-corrected chi connectivity index (χ3v) is 5.32. The maximum atomic E-state index is 12.4. The van der Waals surface area contributed by atoms with Gasteiger partial charge in [0, 0.05) is 44.8 Å². The highest BCUT2D eigenvalue weighted by atomic mass is 35.5. The van der Waals surface area contributed by atoms with Gasteiger partial charge in [0.15, 0.2) is 0 Å². The number of amides is 1. The van der Waals surface area contributed by atoms with Crippen molar-refractivity contribution in [3.63, 3.8) is 0 Å². The van der Waals surface area contributed by atoms with Crippen molar-refractivity contribution in [2.75, 3.05) is 31.9 Å². The molecule has 5 heteroatoms. The van der Waals surface area contributed by atoms with E-state index in [9.17, 15) is 4.79 Å². The lowest BCUT2D eigenvalue weighted by Crippen LogP contribution is -2.48. The second kappa shape index (κ2) is 9.28. The van der Waals surface area contributed by atoms with Crippen molar-refractivity contribution in [2.45, 2.75) is 45.1 Å². The fraction of sp³-hybridized carbons (Fsp3) is 0.632. The zero-order valence-corrected chi connectivity index (χ0v) is 15.3. The summed E-state index contributed by atoms with van der Waals surface area (Å²) in [6, 6.07) is 8.09. The molecule has 1 amide bonds. The standard InChI is InChI=1S/C19H29N3O.ClH/c20-18-7-3-6-17(14-18)15-21-10-12-22(13-11-21)19(23)9-8-16-4-1-2-5-16;/h3,6-7,14,16H,1-2,4-5,8-13,15,20H2;1H. The summed E-state index contributed by atoms with van der Waals surface area (Å²) >= 11 is 0. The van der Waals surface area contributed by atoms with Crippen LogP contribution in [0.3, 0.4) is 0 Å². The Morgan fingerprint density at radius 3 is 2.50 bits per heavy atom. The molecule has 0 unspecified atom stereocenters. The summed E-state index contributed by atoms with van der Waals surface area (Å²) in [6.07, 6.45) is 7.24. The molecule has 2 fully saturated rings. The van der Waals surface area contributed by atoms with Gasteiger partial charge in [-0.2, -0.15) is 0 Å². The lowest BCUT2D eigenvalue weighted by atomic mass is 10.0. The molecule has 24 heavy (non-hydrogen) atoms. The van der Waals surface area contributed by atoms with Crippen LogP contribution in [-0.4, -0.2) is 41.9 Å². The zero-order valence-electron chi connectivity index (χ0n) is 14.5. The molecule has 0 radical (unpaired) electrons. The zero-order chi connectivity index (χ0) is 16.1. The molecule has 1 aliphatic heterocycles. The highest BCUT2D eigenvalue weighted by Gasteiger charge is 2.22. The van der Waals surface area contributed by atoms with E-state index < -0.39 is 0 Å². The van der Waals surface area contributed by atoms with Gasteiger partial charge in [-0.1, -0.05) is 37.8 Å². The number of carbonyl (C=O) groups is 1. The molecule has 1 aromatic carbocycles. The van der Waals surface area contributed by atoms with Crippen molar-refractivity contribution in [3.05, 3.63) is 29.8 Å². The Bertz CT molecular complexity index is 523. The smallest absolute Gasteiger partial charge is 0.222 e. The second-order valence-electron chi connectivity index (χ2n) is 7.09. The molecular weight excluding hydrogens is 322 g/mol. The van der Waals surface area contributed by atoms with Crippen molar-refractivity contribution in [1.29, 1.82) is 0 Å².